The van der Waals surface area contributed by atoms with Gasteiger partial charge in [-0.1, -0.05) is 50.3 Å². The summed E-state index contributed by atoms with van der Waals surface area (Å²) in [5.41, 5.74) is 2.45. The predicted molar refractivity (Wildman–Crippen MR) is 71.8 cm³/mol. The summed E-state index contributed by atoms with van der Waals surface area (Å²) in [6.45, 7) is 5.98. The highest BCUT2D eigenvalue weighted by Crippen LogP contribution is 2.29. The molecule has 1 aromatic carbocycles. The average Bonchev–Trinajstić information content (AvgIpc) is 2.29. The smallest absolute Gasteiger partial charge is 0.130 e. The largest absolute Gasteiger partial charge is 0.239 e. The van der Waals surface area contributed by atoms with Crippen LogP contribution in [-0.2, 0) is 0 Å². The summed E-state index contributed by atoms with van der Waals surface area (Å²) >= 11 is 0. The minimum atomic E-state index is -1.18. The standard InChI is InChI=1S/C16H19F/c1-12(2)13-4-6-14(7-5-13)15-8-10-16(3,17)11-9-15/h4-10,12H,11H2,1-3H3. The van der Waals surface area contributed by atoms with Crippen molar-refractivity contribution < 1.29 is 4.39 Å². The first-order valence-electron chi connectivity index (χ1n) is 6.16. The zero-order valence-corrected chi connectivity index (χ0v) is 10.7. The van der Waals surface area contributed by atoms with Crippen molar-refractivity contribution in [3.05, 3.63) is 53.6 Å². The fourth-order valence-electron chi connectivity index (χ4n) is 1.98. The molecule has 0 nitrogen and oxygen atoms in total. The molecule has 1 aromatic rings. The van der Waals surface area contributed by atoms with Gasteiger partial charge in [0.15, 0.2) is 0 Å². The molecule has 0 amide bonds. The quantitative estimate of drug-likeness (QED) is 0.679. The number of hydrogen-bond acceptors (Lipinski definition) is 0. The second-order valence-electron chi connectivity index (χ2n) is 5.25. The molecule has 1 aliphatic carbocycles. The molecular weight excluding hydrogens is 211 g/mol. The second kappa shape index (κ2) is 4.48. The molecule has 17 heavy (non-hydrogen) atoms. The molecule has 1 heteroatoms. The molecule has 0 radical (unpaired) electrons. The van der Waals surface area contributed by atoms with Crippen LogP contribution in [0.25, 0.3) is 5.57 Å². The molecule has 1 unspecified atom stereocenters. The molecule has 0 heterocycles. The number of alkyl halides is 1. The SMILES string of the molecule is CC(C)c1ccc(C2=CCC(C)(F)C=C2)cc1. The maximum absolute atomic E-state index is 13.6. The van der Waals surface area contributed by atoms with E-state index >= 15 is 0 Å². The van der Waals surface area contributed by atoms with Gasteiger partial charge in [0.1, 0.15) is 5.67 Å². The fraction of sp³-hybridized carbons (Fsp3) is 0.375. The van der Waals surface area contributed by atoms with Gasteiger partial charge in [0.05, 0.1) is 0 Å². The lowest BCUT2D eigenvalue weighted by atomic mass is 9.91. The molecule has 0 bridgehead atoms. The summed E-state index contributed by atoms with van der Waals surface area (Å²) in [7, 11) is 0. The van der Waals surface area contributed by atoms with Crippen molar-refractivity contribution in [1.82, 2.24) is 0 Å². The maximum atomic E-state index is 13.6. The van der Waals surface area contributed by atoms with Crippen LogP contribution in [0.5, 0.6) is 0 Å². The van der Waals surface area contributed by atoms with E-state index in [1.807, 2.05) is 12.2 Å². The van der Waals surface area contributed by atoms with Crippen molar-refractivity contribution in [2.75, 3.05) is 0 Å². The van der Waals surface area contributed by atoms with Crippen molar-refractivity contribution in [2.24, 2.45) is 0 Å². The van der Waals surface area contributed by atoms with E-state index in [4.69, 9.17) is 0 Å². The van der Waals surface area contributed by atoms with E-state index in [1.54, 1.807) is 13.0 Å². The number of hydrogen-bond donors (Lipinski definition) is 0. The van der Waals surface area contributed by atoms with Crippen LogP contribution in [0, 0.1) is 0 Å². The van der Waals surface area contributed by atoms with Crippen molar-refractivity contribution in [3.63, 3.8) is 0 Å². The topological polar surface area (TPSA) is 0 Å². The Morgan fingerprint density at radius 3 is 2.29 bits per heavy atom. The summed E-state index contributed by atoms with van der Waals surface area (Å²) in [4.78, 5) is 0. The summed E-state index contributed by atoms with van der Waals surface area (Å²) in [5.74, 6) is 0.550. The molecule has 0 aliphatic heterocycles. The molecule has 0 fully saturated rings. The molecule has 0 spiro atoms. The van der Waals surface area contributed by atoms with Crippen LogP contribution in [0.3, 0.4) is 0 Å². The Labute approximate surface area is 103 Å². The van der Waals surface area contributed by atoms with E-state index in [2.05, 4.69) is 38.1 Å². The molecular formula is C16H19F. The zero-order valence-electron chi connectivity index (χ0n) is 10.7. The zero-order chi connectivity index (χ0) is 12.5. The van der Waals surface area contributed by atoms with Crippen LogP contribution in [-0.4, -0.2) is 5.67 Å². The van der Waals surface area contributed by atoms with Gasteiger partial charge in [-0.15, -0.1) is 0 Å². The summed E-state index contributed by atoms with van der Waals surface area (Å²) < 4.78 is 13.6. The van der Waals surface area contributed by atoms with Gasteiger partial charge in [-0.3, -0.25) is 0 Å². The van der Waals surface area contributed by atoms with Gasteiger partial charge in [-0.2, -0.15) is 0 Å². The third kappa shape index (κ3) is 2.85. The minimum Gasteiger partial charge on any atom is -0.239 e. The van der Waals surface area contributed by atoms with Crippen LogP contribution in [0.15, 0.2) is 42.5 Å². The predicted octanol–water partition coefficient (Wildman–Crippen LogP) is 4.88. The van der Waals surface area contributed by atoms with Gasteiger partial charge in [0, 0.05) is 6.42 Å². The van der Waals surface area contributed by atoms with E-state index < -0.39 is 5.67 Å². The first-order chi connectivity index (χ1) is 7.98. The highest BCUT2D eigenvalue weighted by molar-refractivity contribution is 5.75. The molecule has 0 saturated heterocycles. The van der Waals surface area contributed by atoms with Crippen LogP contribution in [0.1, 0.15) is 44.2 Å². The van der Waals surface area contributed by atoms with Gasteiger partial charge in [-0.25, -0.2) is 4.39 Å². The summed E-state index contributed by atoms with van der Waals surface area (Å²) in [6, 6.07) is 8.54. The average molecular weight is 230 g/mol. The van der Waals surface area contributed by atoms with Crippen LogP contribution < -0.4 is 0 Å². The lowest BCUT2D eigenvalue weighted by molar-refractivity contribution is 0.260. The third-order valence-electron chi connectivity index (χ3n) is 3.24. The highest BCUT2D eigenvalue weighted by atomic mass is 19.1. The molecule has 2 rings (SSSR count). The fourth-order valence-corrected chi connectivity index (χ4v) is 1.98. The molecule has 1 atom stereocenters. The first kappa shape index (κ1) is 12.1. The second-order valence-corrected chi connectivity index (χ2v) is 5.25. The maximum Gasteiger partial charge on any atom is 0.130 e. The first-order valence-corrected chi connectivity index (χ1v) is 6.16. The Morgan fingerprint density at radius 2 is 1.82 bits per heavy atom. The lowest BCUT2D eigenvalue weighted by Crippen LogP contribution is -2.14. The van der Waals surface area contributed by atoms with Crippen LogP contribution in [0.2, 0.25) is 0 Å². The van der Waals surface area contributed by atoms with Gasteiger partial charge in [-0.05, 0) is 35.6 Å². The molecule has 0 saturated carbocycles. The number of rotatable bonds is 2. The van der Waals surface area contributed by atoms with Crippen molar-refractivity contribution in [3.8, 4) is 0 Å². The van der Waals surface area contributed by atoms with Crippen LogP contribution in [0.4, 0.5) is 4.39 Å². The Kier molecular flexibility index (Phi) is 3.19. The Bertz CT molecular complexity index is 447. The molecule has 90 valence electrons. The van der Waals surface area contributed by atoms with E-state index in [1.165, 1.54) is 11.1 Å². The van der Waals surface area contributed by atoms with E-state index in [9.17, 15) is 4.39 Å². The molecule has 0 aromatic heterocycles. The minimum absolute atomic E-state index is 0.463. The Hall–Kier alpha value is -1.37. The van der Waals surface area contributed by atoms with Crippen molar-refractivity contribution >= 4 is 5.57 Å². The van der Waals surface area contributed by atoms with Gasteiger partial charge in [0.25, 0.3) is 0 Å². The monoisotopic (exact) mass is 230 g/mol. The van der Waals surface area contributed by atoms with Crippen LogP contribution >= 0.6 is 0 Å². The lowest BCUT2D eigenvalue weighted by Gasteiger charge is -2.19. The van der Waals surface area contributed by atoms with Crippen molar-refractivity contribution in [1.29, 1.82) is 0 Å². The van der Waals surface area contributed by atoms with E-state index in [0.29, 0.717) is 12.3 Å². The van der Waals surface area contributed by atoms with E-state index in [0.717, 1.165) is 5.57 Å². The Morgan fingerprint density at radius 1 is 1.18 bits per heavy atom. The molecule has 1 aliphatic rings. The highest BCUT2D eigenvalue weighted by Gasteiger charge is 2.20. The third-order valence-corrected chi connectivity index (χ3v) is 3.24. The van der Waals surface area contributed by atoms with Gasteiger partial charge < -0.3 is 0 Å². The normalized spacial score (nSPS) is 23.9. The van der Waals surface area contributed by atoms with Gasteiger partial charge in [0.2, 0.25) is 0 Å². The van der Waals surface area contributed by atoms with Crippen molar-refractivity contribution in [2.45, 2.75) is 38.8 Å². The van der Waals surface area contributed by atoms with Gasteiger partial charge >= 0.3 is 0 Å². The number of halogens is 1. The van der Waals surface area contributed by atoms with E-state index in [-0.39, 0.29) is 0 Å². The summed E-state index contributed by atoms with van der Waals surface area (Å²) in [5, 5.41) is 0. The number of benzene rings is 1. The number of allylic oxidation sites excluding steroid dienone is 4. The molecule has 0 N–H and O–H groups in total. The summed E-state index contributed by atoms with van der Waals surface area (Å²) in [6.07, 6.45) is 5.97. The Balaban J connectivity index is 2.20.